The van der Waals surface area contributed by atoms with Gasteiger partial charge in [-0.25, -0.2) is 8.78 Å². The van der Waals surface area contributed by atoms with Crippen molar-refractivity contribution < 1.29 is 23.1 Å². The summed E-state index contributed by atoms with van der Waals surface area (Å²) in [5, 5.41) is 2.32. The van der Waals surface area contributed by atoms with Crippen LogP contribution in [-0.2, 0) is 9.53 Å². The van der Waals surface area contributed by atoms with Crippen molar-refractivity contribution in [3.8, 4) is 0 Å². The first-order valence-electron chi connectivity index (χ1n) is 5.10. The summed E-state index contributed by atoms with van der Waals surface area (Å²) >= 11 is 0. The number of hydrogen-bond acceptors (Lipinski definition) is 3. The lowest BCUT2D eigenvalue weighted by Gasteiger charge is -2.06. The first-order valence-corrected chi connectivity index (χ1v) is 5.10. The molecule has 3 N–H and O–H groups in total. The largest absolute Gasteiger partial charge is 0.370 e. The van der Waals surface area contributed by atoms with Crippen LogP contribution >= 0.6 is 0 Å². The quantitative estimate of drug-likeness (QED) is 0.715. The number of hydrogen-bond donors (Lipinski definition) is 2. The third-order valence-electron chi connectivity index (χ3n) is 1.97. The van der Waals surface area contributed by atoms with Gasteiger partial charge in [0.15, 0.2) is 11.6 Å². The molecule has 0 radical (unpaired) electrons. The van der Waals surface area contributed by atoms with E-state index in [0.717, 1.165) is 12.1 Å². The normalized spacial score (nSPS) is 10.1. The van der Waals surface area contributed by atoms with Gasteiger partial charge in [-0.2, -0.15) is 0 Å². The summed E-state index contributed by atoms with van der Waals surface area (Å²) in [6.07, 6.45) is 0. The molecule has 0 atom stereocenters. The van der Waals surface area contributed by atoms with E-state index in [-0.39, 0.29) is 25.3 Å². The fourth-order valence-corrected chi connectivity index (χ4v) is 1.18. The van der Waals surface area contributed by atoms with Gasteiger partial charge in [-0.05, 0) is 12.1 Å². The number of ether oxygens (including phenoxy) is 1. The number of halogens is 2. The average molecular weight is 258 g/mol. The highest BCUT2D eigenvalue weighted by Crippen LogP contribution is 2.10. The number of benzene rings is 1. The van der Waals surface area contributed by atoms with Gasteiger partial charge in [-0.1, -0.05) is 6.07 Å². The fourth-order valence-electron chi connectivity index (χ4n) is 1.18. The molecule has 0 heterocycles. The molecule has 0 aliphatic rings. The fraction of sp³-hybridized carbons (Fsp3) is 0.273. The molecule has 0 spiro atoms. The zero-order chi connectivity index (χ0) is 13.5. The van der Waals surface area contributed by atoms with Crippen LogP contribution in [0, 0.1) is 11.6 Å². The molecule has 0 saturated heterocycles. The first-order chi connectivity index (χ1) is 8.52. The summed E-state index contributed by atoms with van der Waals surface area (Å²) in [4.78, 5) is 21.8. The molecular weight excluding hydrogens is 246 g/mol. The minimum Gasteiger partial charge on any atom is -0.370 e. The SMILES string of the molecule is NC(=O)COCCNC(=O)c1cccc(F)c1F. The maximum atomic E-state index is 13.2. The van der Waals surface area contributed by atoms with Crippen LogP contribution in [0.4, 0.5) is 8.78 Å². The van der Waals surface area contributed by atoms with E-state index in [4.69, 9.17) is 10.5 Å². The van der Waals surface area contributed by atoms with Crippen molar-refractivity contribution in [3.63, 3.8) is 0 Å². The maximum Gasteiger partial charge on any atom is 0.254 e. The van der Waals surface area contributed by atoms with Gasteiger partial charge in [0.2, 0.25) is 5.91 Å². The molecule has 0 unspecified atom stereocenters. The van der Waals surface area contributed by atoms with Gasteiger partial charge in [-0.15, -0.1) is 0 Å². The summed E-state index contributed by atoms with van der Waals surface area (Å²) in [6, 6.07) is 3.32. The first kappa shape index (κ1) is 14.0. The van der Waals surface area contributed by atoms with Crippen LogP contribution in [0.5, 0.6) is 0 Å². The average Bonchev–Trinajstić information content (AvgIpc) is 2.31. The summed E-state index contributed by atoms with van der Waals surface area (Å²) < 4.78 is 30.8. The molecule has 0 aliphatic carbocycles. The zero-order valence-corrected chi connectivity index (χ0v) is 9.41. The van der Waals surface area contributed by atoms with Gasteiger partial charge in [0.1, 0.15) is 6.61 Å². The van der Waals surface area contributed by atoms with E-state index < -0.39 is 23.4 Å². The van der Waals surface area contributed by atoms with E-state index in [9.17, 15) is 18.4 Å². The molecule has 0 aliphatic heterocycles. The molecule has 98 valence electrons. The monoisotopic (exact) mass is 258 g/mol. The topological polar surface area (TPSA) is 81.4 Å². The molecule has 7 heteroatoms. The number of carbonyl (C=O) groups is 2. The number of nitrogens with two attached hydrogens (primary N) is 1. The highest BCUT2D eigenvalue weighted by atomic mass is 19.2. The third kappa shape index (κ3) is 4.10. The second kappa shape index (κ2) is 6.65. The predicted molar refractivity (Wildman–Crippen MR) is 58.7 cm³/mol. The summed E-state index contributed by atoms with van der Waals surface area (Å²) in [6.45, 7) is -0.155. The second-order valence-electron chi connectivity index (χ2n) is 3.38. The van der Waals surface area contributed by atoms with E-state index in [1.807, 2.05) is 0 Å². The lowest BCUT2D eigenvalue weighted by molar-refractivity contribution is -0.122. The van der Waals surface area contributed by atoms with Crippen LogP contribution in [0.3, 0.4) is 0 Å². The lowest BCUT2D eigenvalue weighted by atomic mass is 10.2. The molecule has 0 saturated carbocycles. The Morgan fingerprint density at radius 1 is 1.33 bits per heavy atom. The number of amides is 2. The maximum absolute atomic E-state index is 13.2. The minimum atomic E-state index is -1.20. The van der Waals surface area contributed by atoms with E-state index in [2.05, 4.69) is 5.32 Å². The van der Waals surface area contributed by atoms with Gasteiger partial charge in [0.25, 0.3) is 5.91 Å². The highest BCUT2D eigenvalue weighted by Gasteiger charge is 2.14. The zero-order valence-electron chi connectivity index (χ0n) is 9.41. The molecule has 1 rings (SSSR count). The predicted octanol–water partition coefficient (Wildman–Crippen LogP) is 0.197. The van der Waals surface area contributed by atoms with Crippen molar-refractivity contribution in [2.24, 2.45) is 5.73 Å². The molecule has 1 aromatic carbocycles. The molecule has 0 bridgehead atoms. The van der Waals surface area contributed by atoms with Crippen LogP contribution < -0.4 is 11.1 Å². The van der Waals surface area contributed by atoms with Crippen LogP contribution in [0.2, 0.25) is 0 Å². The minimum absolute atomic E-state index is 0.0472. The van der Waals surface area contributed by atoms with Gasteiger partial charge < -0.3 is 15.8 Å². The lowest BCUT2D eigenvalue weighted by Crippen LogP contribution is -2.29. The van der Waals surface area contributed by atoms with Crippen LogP contribution in [-0.4, -0.2) is 31.6 Å². The van der Waals surface area contributed by atoms with Gasteiger partial charge in [0, 0.05) is 6.54 Å². The number of carbonyl (C=O) groups excluding carboxylic acids is 2. The van der Waals surface area contributed by atoms with Crippen LogP contribution in [0.15, 0.2) is 18.2 Å². The molecule has 5 nitrogen and oxygen atoms in total. The van der Waals surface area contributed by atoms with Crippen LogP contribution in [0.25, 0.3) is 0 Å². The second-order valence-corrected chi connectivity index (χ2v) is 3.38. The Labute approximate surface area is 102 Å². The van der Waals surface area contributed by atoms with Crippen molar-refractivity contribution in [2.75, 3.05) is 19.8 Å². The van der Waals surface area contributed by atoms with Crippen molar-refractivity contribution in [1.82, 2.24) is 5.32 Å². The third-order valence-corrected chi connectivity index (χ3v) is 1.97. The Bertz CT molecular complexity index is 452. The highest BCUT2D eigenvalue weighted by molar-refractivity contribution is 5.94. The molecular formula is C11H12F2N2O3. The molecule has 1 aromatic rings. The smallest absolute Gasteiger partial charge is 0.254 e. The summed E-state index contributed by atoms with van der Waals surface area (Å²) in [5.41, 5.74) is 4.44. The van der Waals surface area contributed by atoms with Crippen molar-refractivity contribution in [2.45, 2.75) is 0 Å². The van der Waals surface area contributed by atoms with E-state index >= 15 is 0 Å². The molecule has 0 aromatic heterocycles. The summed E-state index contributed by atoms with van der Waals surface area (Å²) in [7, 11) is 0. The molecule has 2 amide bonds. The Balaban J connectivity index is 2.41. The van der Waals surface area contributed by atoms with Gasteiger partial charge in [0.05, 0.1) is 12.2 Å². The Hall–Kier alpha value is -2.02. The van der Waals surface area contributed by atoms with Crippen molar-refractivity contribution in [1.29, 1.82) is 0 Å². The summed E-state index contributed by atoms with van der Waals surface area (Å²) in [5.74, 6) is -3.67. The van der Waals surface area contributed by atoms with Crippen molar-refractivity contribution in [3.05, 3.63) is 35.4 Å². The molecule has 0 fully saturated rings. The Kier molecular flexibility index (Phi) is 5.19. The number of primary amides is 1. The Morgan fingerprint density at radius 2 is 2.06 bits per heavy atom. The van der Waals surface area contributed by atoms with Crippen molar-refractivity contribution >= 4 is 11.8 Å². The number of rotatable bonds is 6. The van der Waals surface area contributed by atoms with E-state index in [0.29, 0.717) is 0 Å². The van der Waals surface area contributed by atoms with Gasteiger partial charge in [-0.3, -0.25) is 9.59 Å². The van der Waals surface area contributed by atoms with Gasteiger partial charge >= 0.3 is 0 Å². The van der Waals surface area contributed by atoms with E-state index in [1.54, 1.807) is 0 Å². The molecule has 18 heavy (non-hydrogen) atoms. The Morgan fingerprint density at radius 3 is 2.72 bits per heavy atom. The standard InChI is InChI=1S/C11H12F2N2O3/c12-8-3-1-2-7(10(8)13)11(17)15-4-5-18-6-9(14)16/h1-3H,4-6H2,(H2,14,16)(H,15,17). The van der Waals surface area contributed by atoms with Crippen LogP contribution in [0.1, 0.15) is 10.4 Å². The number of nitrogens with one attached hydrogen (secondary N) is 1. The van der Waals surface area contributed by atoms with E-state index in [1.165, 1.54) is 6.07 Å².